The minimum Gasteiger partial charge on any atom is -0.506 e. The van der Waals surface area contributed by atoms with Crippen molar-refractivity contribution in [1.29, 1.82) is 0 Å². The molecule has 5 nitrogen and oxygen atoms in total. The summed E-state index contributed by atoms with van der Waals surface area (Å²) in [5.41, 5.74) is 3.80. The number of phenols is 1. The van der Waals surface area contributed by atoms with Crippen molar-refractivity contribution < 1.29 is 5.11 Å². The number of rotatable bonds is 4. The van der Waals surface area contributed by atoms with Crippen molar-refractivity contribution in [3.8, 4) is 5.75 Å². The van der Waals surface area contributed by atoms with Gasteiger partial charge in [0, 0.05) is 4.88 Å². The van der Waals surface area contributed by atoms with Crippen molar-refractivity contribution in [1.82, 2.24) is 9.97 Å². The first-order chi connectivity index (χ1) is 11.5. The zero-order valence-corrected chi connectivity index (χ0v) is 16.9. The van der Waals surface area contributed by atoms with Gasteiger partial charge in [0.1, 0.15) is 16.9 Å². The normalized spacial score (nSPS) is 11.7. The topological polar surface area (TPSA) is 70.4 Å². The second-order valence-corrected chi connectivity index (χ2v) is 8.22. The van der Waals surface area contributed by atoms with Crippen molar-refractivity contribution in [2.75, 3.05) is 5.43 Å². The molecule has 2 aromatic heterocycles. The maximum absolute atomic E-state index is 9.73. The number of fused-ring (bicyclic) bond motifs is 1. The molecule has 0 bridgehead atoms. The molecule has 2 N–H and O–H groups in total. The van der Waals surface area contributed by atoms with E-state index in [2.05, 4.69) is 72.3 Å². The highest BCUT2D eigenvalue weighted by molar-refractivity contribution is 9.11. The molecule has 3 aromatic rings. The van der Waals surface area contributed by atoms with Gasteiger partial charge >= 0.3 is 0 Å². The molecule has 24 heavy (non-hydrogen) atoms. The number of aromatic hydroxyl groups is 1. The summed E-state index contributed by atoms with van der Waals surface area (Å²) in [6.07, 6.45) is 3.20. The van der Waals surface area contributed by atoms with E-state index in [1.807, 2.05) is 0 Å². The average Bonchev–Trinajstić information content (AvgIpc) is 2.98. The number of nitrogens with one attached hydrogen (secondary N) is 1. The highest BCUT2D eigenvalue weighted by atomic mass is 79.9. The van der Waals surface area contributed by atoms with Crippen LogP contribution >= 0.6 is 43.2 Å². The van der Waals surface area contributed by atoms with Crippen LogP contribution in [0.3, 0.4) is 0 Å². The molecule has 0 saturated heterocycles. The fraction of sp³-hybridized carbons (Fsp3) is 0.188. The summed E-state index contributed by atoms with van der Waals surface area (Å²) in [6.45, 7) is 4.31. The van der Waals surface area contributed by atoms with E-state index < -0.39 is 0 Å². The standard InChI is InChI=1S/C16H14Br2N4OS/c1-8(2)13-5-10-15(19-7-20-16(10)24-13)22-21-6-9-3-11(17)14(23)12(18)4-9/h3-8,23H,1-2H3,(H,19,20,22)/b21-6+. The Morgan fingerprint density at radius 3 is 2.58 bits per heavy atom. The number of thiophene rings is 1. The molecule has 0 atom stereocenters. The van der Waals surface area contributed by atoms with E-state index in [1.54, 1.807) is 29.7 Å². The first-order valence-corrected chi connectivity index (χ1v) is 9.57. The summed E-state index contributed by atoms with van der Waals surface area (Å²) in [5.74, 6) is 1.29. The van der Waals surface area contributed by atoms with Gasteiger partial charge in [-0.2, -0.15) is 5.10 Å². The van der Waals surface area contributed by atoms with Gasteiger partial charge in [-0.05, 0) is 61.5 Å². The minimum absolute atomic E-state index is 0.164. The van der Waals surface area contributed by atoms with E-state index in [1.165, 1.54) is 11.2 Å². The molecule has 0 saturated carbocycles. The highest BCUT2D eigenvalue weighted by Gasteiger charge is 2.10. The summed E-state index contributed by atoms with van der Waals surface area (Å²) in [6, 6.07) is 5.67. The lowest BCUT2D eigenvalue weighted by molar-refractivity contribution is 0.468. The average molecular weight is 470 g/mol. The predicted molar refractivity (Wildman–Crippen MR) is 106 cm³/mol. The molecule has 124 valence electrons. The van der Waals surface area contributed by atoms with Gasteiger partial charge in [-0.1, -0.05) is 13.8 Å². The zero-order chi connectivity index (χ0) is 17.3. The lowest BCUT2D eigenvalue weighted by atomic mass is 10.2. The van der Waals surface area contributed by atoms with Crippen molar-refractivity contribution in [3.63, 3.8) is 0 Å². The van der Waals surface area contributed by atoms with Gasteiger partial charge < -0.3 is 5.11 Å². The van der Waals surface area contributed by atoms with Crippen LogP contribution in [0, 0.1) is 0 Å². The molecule has 0 fully saturated rings. The van der Waals surface area contributed by atoms with E-state index >= 15 is 0 Å². The second kappa shape index (κ2) is 7.16. The molecule has 0 spiro atoms. The Morgan fingerprint density at radius 2 is 1.92 bits per heavy atom. The van der Waals surface area contributed by atoms with Gasteiger partial charge in [-0.15, -0.1) is 11.3 Å². The molecule has 8 heteroatoms. The zero-order valence-electron chi connectivity index (χ0n) is 12.9. The first kappa shape index (κ1) is 17.3. The van der Waals surface area contributed by atoms with Crippen LogP contribution in [0.2, 0.25) is 0 Å². The summed E-state index contributed by atoms with van der Waals surface area (Å²) in [4.78, 5) is 10.8. The highest BCUT2D eigenvalue weighted by Crippen LogP contribution is 2.33. The maximum Gasteiger partial charge on any atom is 0.158 e. The van der Waals surface area contributed by atoms with Gasteiger partial charge in [0.2, 0.25) is 0 Å². The lowest BCUT2D eigenvalue weighted by Gasteiger charge is -2.03. The number of aromatic nitrogens is 2. The molecule has 3 rings (SSSR count). The van der Waals surface area contributed by atoms with Crippen LogP contribution in [0.4, 0.5) is 5.82 Å². The number of benzene rings is 1. The fourth-order valence-electron chi connectivity index (χ4n) is 2.08. The Hall–Kier alpha value is -1.51. The quantitative estimate of drug-likeness (QED) is 0.391. The molecule has 1 aromatic carbocycles. The van der Waals surface area contributed by atoms with Crippen LogP contribution in [0.15, 0.2) is 38.6 Å². The maximum atomic E-state index is 9.73. The van der Waals surface area contributed by atoms with E-state index in [0.29, 0.717) is 20.7 Å². The number of hydrogen-bond donors (Lipinski definition) is 2. The van der Waals surface area contributed by atoms with Crippen molar-refractivity contribution >= 4 is 65.4 Å². The third-order valence-corrected chi connectivity index (χ3v) is 5.89. The van der Waals surface area contributed by atoms with Crippen molar-refractivity contribution in [3.05, 3.63) is 43.9 Å². The van der Waals surface area contributed by atoms with E-state index in [4.69, 9.17) is 0 Å². The second-order valence-electron chi connectivity index (χ2n) is 5.45. The van der Waals surface area contributed by atoms with Gasteiger partial charge in [-0.3, -0.25) is 5.43 Å². The van der Waals surface area contributed by atoms with Gasteiger partial charge in [0.15, 0.2) is 5.82 Å². The van der Waals surface area contributed by atoms with Crippen LogP contribution in [0.5, 0.6) is 5.75 Å². The monoisotopic (exact) mass is 468 g/mol. The van der Waals surface area contributed by atoms with Crippen molar-refractivity contribution in [2.24, 2.45) is 5.10 Å². The molecule has 0 radical (unpaired) electrons. The summed E-state index contributed by atoms with van der Waals surface area (Å²) in [5, 5.41) is 14.9. The van der Waals surface area contributed by atoms with E-state index in [9.17, 15) is 5.11 Å². The van der Waals surface area contributed by atoms with Crippen LogP contribution in [0.25, 0.3) is 10.2 Å². The molecule has 2 heterocycles. The third kappa shape index (κ3) is 3.60. The molecule has 0 aliphatic rings. The van der Waals surface area contributed by atoms with E-state index in [-0.39, 0.29) is 5.75 Å². The minimum atomic E-state index is 0.164. The number of hydrogen-bond acceptors (Lipinski definition) is 6. The first-order valence-electron chi connectivity index (χ1n) is 7.17. The number of nitrogens with zero attached hydrogens (tertiary/aromatic N) is 3. The molecule has 0 amide bonds. The third-order valence-electron chi connectivity index (χ3n) is 3.34. The van der Waals surface area contributed by atoms with Crippen LogP contribution in [0.1, 0.15) is 30.2 Å². The molecule has 0 aliphatic carbocycles. The van der Waals surface area contributed by atoms with Gasteiger partial charge in [0.05, 0.1) is 20.5 Å². The molecule has 0 unspecified atom stereocenters. The summed E-state index contributed by atoms with van der Waals surface area (Å²) >= 11 is 8.27. The van der Waals surface area contributed by atoms with Crippen LogP contribution in [-0.2, 0) is 0 Å². The summed E-state index contributed by atoms with van der Waals surface area (Å²) in [7, 11) is 0. The Bertz CT molecular complexity index is 901. The van der Waals surface area contributed by atoms with Crippen LogP contribution < -0.4 is 5.43 Å². The van der Waals surface area contributed by atoms with Crippen molar-refractivity contribution in [2.45, 2.75) is 19.8 Å². The SMILES string of the molecule is CC(C)c1cc2c(N/N=C/c3cc(Br)c(O)c(Br)c3)ncnc2s1. The number of halogens is 2. The van der Waals surface area contributed by atoms with Gasteiger partial charge in [0.25, 0.3) is 0 Å². The summed E-state index contributed by atoms with van der Waals surface area (Å²) < 4.78 is 1.20. The smallest absolute Gasteiger partial charge is 0.158 e. The number of hydrazone groups is 1. The Balaban J connectivity index is 1.85. The Kier molecular flexibility index (Phi) is 5.17. The van der Waals surface area contributed by atoms with Gasteiger partial charge in [-0.25, -0.2) is 9.97 Å². The Morgan fingerprint density at radius 1 is 1.21 bits per heavy atom. The largest absolute Gasteiger partial charge is 0.506 e. The Labute approximate surface area is 160 Å². The predicted octanol–water partition coefficient (Wildman–Crippen LogP) is 5.49. The number of phenolic OH excluding ortho intramolecular Hbond substituents is 1. The lowest BCUT2D eigenvalue weighted by Crippen LogP contribution is -1.94. The van der Waals surface area contributed by atoms with E-state index in [0.717, 1.165) is 15.8 Å². The van der Waals surface area contributed by atoms with Crippen LogP contribution in [-0.4, -0.2) is 21.3 Å². The fourth-order valence-corrected chi connectivity index (χ4v) is 4.30. The molecular formula is C16H14Br2N4OS. The molecule has 0 aliphatic heterocycles. The molecular weight excluding hydrogens is 456 g/mol. The number of anilines is 1.